The second-order valence-corrected chi connectivity index (χ2v) is 4.55. The maximum atomic E-state index is 13.4. The smallest absolute Gasteiger partial charge is 0.253 e. The third-order valence-corrected chi connectivity index (χ3v) is 3.14. The van der Waals surface area contributed by atoms with Gasteiger partial charge < -0.3 is 15.8 Å². The van der Waals surface area contributed by atoms with Crippen molar-refractivity contribution in [2.45, 2.75) is 6.42 Å². The van der Waals surface area contributed by atoms with Crippen molar-refractivity contribution in [1.29, 1.82) is 0 Å². The zero-order chi connectivity index (χ0) is 15.2. The molecule has 2 aromatic carbocycles. The van der Waals surface area contributed by atoms with Crippen molar-refractivity contribution in [2.75, 3.05) is 19.4 Å². The standard InChI is InChI=1S/C16H17FN2O2/c1-21-12-6-7-13(15(18)10-12)16(20)19-9-8-11-4-2-3-5-14(11)17/h2-7,10H,8-9,18H2,1H3,(H,19,20). The molecular weight excluding hydrogens is 271 g/mol. The molecule has 0 aliphatic rings. The van der Waals surface area contributed by atoms with Gasteiger partial charge in [0.1, 0.15) is 11.6 Å². The van der Waals surface area contributed by atoms with Gasteiger partial charge in [0.05, 0.1) is 12.7 Å². The van der Waals surface area contributed by atoms with Crippen LogP contribution < -0.4 is 15.8 Å². The van der Waals surface area contributed by atoms with Crippen LogP contribution >= 0.6 is 0 Å². The van der Waals surface area contributed by atoms with Gasteiger partial charge in [0.2, 0.25) is 0 Å². The monoisotopic (exact) mass is 288 g/mol. The molecule has 2 rings (SSSR count). The number of rotatable bonds is 5. The van der Waals surface area contributed by atoms with Crippen molar-refractivity contribution in [2.24, 2.45) is 0 Å². The number of nitrogens with two attached hydrogens (primary N) is 1. The van der Waals surface area contributed by atoms with Crippen molar-refractivity contribution < 1.29 is 13.9 Å². The van der Waals surface area contributed by atoms with E-state index in [9.17, 15) is 9.18 Å². The summed E-state index contributed by atoms with van der Waals surface area (Å²) in [6.45, 7) is 0.339. The Kier molecular flexibility index (Phi) is 4.77. The highest BCUT2D eigenvalue weighted by Crippen LogP contribution is 2.19. The first-order valence-corrected chi connectivity index (χ1v) is 6.57. The Bertz CT molecular complexity index is 644. The molecule has 0 unspecified atom stereocenters. The summed E-state index contributed by atoms with van der Waals surface area (Å²) in [7, 11) is 1.53. The summed E-state index contributed by atoms with van der Waals surface area (Å²) in [6, 6.07) is 11.4. The Morgan fingerprint density at radius 3 is 2.71 bits per heavy atom. The Morgan fingerprint density at radius 2 is 2.05 bits per heavy atom. The van der Waals surface area contributed by atoms with Crippen LogP contribution in [0.3, 0.4) is 0 Å². The number of anilines is 1. The molecule has 4 nitrogen and oxygen atoms in total. The van der Waals surface area contributed by atoms with Crippen molar-refractivity contribution in [3.8, 4) is 5.75 Å². The van der Waals surface area contributed by atoms with Gasteiger partial charge in [-0.15, -0.1) is 0 Å². The number of hydrogen-bond acceptors (Lipinski definition) is 3. The van der Waals surface area contributed by atoms with Crippen LogP contribution in [0.15, 0.2) is 42.5 Å². The summed E-state index contributed by atoms with van der Waals surface area (Å²) in [4.78, 5) is 12.0. The van der Waals surface area contributed by atoms with Crippen LogP contribution in [-0.2, 0) is 6.42 Å². The number of benzene rings is 2. The summed E-state index contributed by atoms with van der Waals surface area (Å²) >= 11 is 0. The minimum Gasteiger partial charge on any atom is -0.497 e. The van der Waals surface area contributed by atoms with Crippen molar-refractivity contribution in [3.05, 3.63) is 59.4 Å². The number of methoxy groups -OCH3 is 1. The molecule has 0 atom stereocenters. The van der Waals surface area contributed by atoms with Crippen molar-refractivity contribution in [1.82, 2.24) is 5.32 Å². The predicted octanol–water partition coefficient (Wildman–Crippen LogP) is 2.39. The van der Waals surface area contributed by atoms with E-state index in [1.807, 2.05) is 0 Å². The van der Waals surface area contributed by atoms with Crippen LogP contribution in [0.5, 0.6) is 5.75 Å². The molecule has 0 saturated carbocycles. The number of hydrogen-bond donors (Lipinski definition) is 2. The highest BCUT2D eigenvalue weighted by molar-refractivity contribution is 5.99. The largest absolute Gasteiger partial charge is 0.497 e. The quantitative estimate of drug-likeness (QED) is 0.830. The summed E-state index contributed by atoms with van der Waals surface area (Å²) in [5.41, 5.74) is 7.10. The van der Waals surface area contributed by atoms with E-state index >= 15 is 0 Å². The molecule has 0 bridgehead atoms. The van der Waals surface area contributed by atoms with Crippen LogP contribution in [0.4, 0.5) is 10.1 Å². The van der Waals surface area contributed by atoms with Crippen LogP contribution in [0, 0.1) is 5.82 Å². The normalized spacial score (nSPS) is 10.2. The number of ether oxygens (including phenoxy) is 1. The lowest BCUT2D eigenvalue weighted by Crippen LogP contribution is -2.26. The molecule has 0 aliphatic heterocycles. The van der Waals surface area contributed by atoms with Gasteiger partial charge in [-0.05, 0) is 30.2 Å². The molecule has 21 heavy (non-hydrogen) atoms. The summed E-state index contributed by atoms with van der Waals surface area (Å²) in [5.74, 6) is 0.0395. The molecule has 0 heterocycles. The minimum atomic E-state index is -0.286. The molecule has 0 aromatic heterocycles. The number of amides is 1. The summed E-state index contributed by atoms with van der Waals surface area (Å²) < 4.78 is 18.5. The fourth-order valence-electron chi connectivity index (χ4n) is 1.98. The van der Waals surface area contributed by atoms with Gasteiger partial charge in [-0.1, -0.05) is 18.2 Å². The van der Waals surface area contributed by atoms with E-state index in [0.717, 1.165) is 0 Å². The Balaban J connectivity index is 1.95. The molecule has 110 valence electrons. The van der Waals surface area contributed by atoms with Crippen LogP contribution in [0.2, 0.25) is 0 Å². The van der Waals surface area contributed by atoms with Gasteiger partial charge in [0, 0.05) is 18.3 Å². The summed E-state index contributed by atoms with van der Waals surface area (Å²) in [5, 5.41) is 2.73. The lowest BCUT2D eigenvalue weighted by Gasteiger charge is -2.09. The fourth-order valence-corrected chi connectivity index (χ4v) is 1.98. The number of halogens is 1. The van der Waals surface area contributed by atoms with Crippen molar-refractivity contribution >= 4 is 11.6 Å². The highest BCUT2D eigenvalue weighted by Gasteiger charge is 2.10. The third-order valence-electron chi connectivity index (χ3n) is 3.14. The molecule has 0 saturated heterocycles. The fraction of sp³-hybridized carbons (Fsp3) is 0.188. The van der Waals surface area contributed by atoms with Crippen LogP contribution in [-0.4, -0.2) is 19.6 Å². The van der Waals surface area contributed by atoms with Crippen LogP contribution in [0.25, 0.3) is 0 Å². The highest BCUT2D eigenvalue weighted by atomic mass is 19.1. The van der Waals surface area contributed by atoms with Gasteiger partial charge in [0.25, 0.3) is 5.91 Å². The molecule has 5 heteroatoms. The predicted molar refractivity (Wildman–Crippen MR) is 79.8 cm³/mol. The molecular formula is C16H17FN2O2. The topological polar surface area (TPSA) is 64.3 Å². The van der Waals surface area contributed by atoms with E-state index in [2.05, 4.69) is 5.32 Å². The van der Waals surface area contributed by atoms with Gasteiger partial charge in [-0.2, -0.15) is 0 Å². The molecule has 0 fully saturated rings. The zero-order valence-electron chi connectivity index (χ0n) is 11.7. The van der Waals surface area contributed by atoms with E-state index in [1.165, 1.54) is 13.2 Å². The molecule has 0 aliphatic carbocycles. The maximum absolute atomic E-state index is 13.4. The van der Waals surface area contributed by atoms with Gasteiger partial charge in [-0.25, -0.2) is 4.39 Å². The molecule has 2 aromatic rings. The Hall–Kier alpha value is -2.56. The van der Waals surface area contributed by atoms with E-state index in [4.69, 9.17) is 10.5 Å². The second-order valence-electron chi connectivity index (χ2n) is 4.55. The zero-order valence-corrected chi connectivity index (χ0v) is 11.7. The van der Waals surface area contributed by atoms with E-state index in [-0.39, 0.29) is 11.7 Å². The lowest BCUT2D eigenvalue weighted by atomic mass is 10.1. The lowest BCUT2D eigenvalue weighted by molar-refractivity contribution is 0.0955. The maximum Gasteiger partial charge on any atom is 0.253 e. The second kappa shape index (κ2) is 6.74. The molecule has 0 radical (unpaired) electrons. The average molecular weight is 288 g/mol. The third kappa shape index (κ3) is 3.72. The first-order chi connectivity index (χ1) is 10.1. The Morgan fingerprint density at radius 1 is 1.29 bits per heavy atom. The number of carbonyl (C=O) groups excluding carboxylic acids is 1. The van der Waals surface area contributed by atoms with Crippen molar-refractivity contribution in [3.63, 3.8) is 0 Å². The van der Waals surface area contributed by atoms with Gasteiger partial charge >= 0.3 is 0 Å². The molecule has 1 amide bonds. The van der Waals surface area contributed by atoms with E-state index in [0.29, 0.717) is 35.5 Å². The first-order valence-electron chi connectivity index (χ1n) is 6.57. The number of carbonyl (C=O) groups is 1. The first kappa shape index (κ1) is 14.8. The van der Waals surface area contributed by atoms with Gasteiger partial charge in [-0.3, -0.25) is 4.79 Å². The molecule has 0 spiro atoms. The number of nitrogens with one attached hydrogen (secondary N) is 1. The number of nitrogen functional groups attached to an aromatic ring is 1. The summed E-state index contributed by atoms with van der Waals surface area (Å²) in [6.07, 6.45) is 0.425. The van der Waals surface area contributed by atoms with Gasteiger partial charge in [0.15, 0.2) is 0 Å². The molecule has 3 N–H and O–H groups in total. The average Bonchev–Trinajstić information content (AvgIpc) is 2.48. The Labute approximate surface area is 122 Å². The van der Waals surface area contributed by atoms with Crippen LogP contribution in [0.1, 0.15) is 15.9 Å². The SMILES string of the molecule is COc1ccc(C(=O)NCCc2ccccc2F)c(N)c1. The minimum absolute atomic E-state index is 0.268. The van der Waals surface area contributed by atoms with E-state index in [1.54, 1.807) is 36.4 Å². The van der Waals surface area contributed by atoms with E-state index < -0.39 is 0 Å².